The van der Waals surface area contributed by atoms with Gasteiger partial charge in [0, 0.05) is 37.7 Å². The fourth-order valence-electron chi connectivity index (χ4n) is 3.53. The number of hydrogen-bond donors (Lipinski definition) is 1. The van der Waals surface area contributed by atoms with Gasteiger partial charge in [0.2, 0.25) is 11.8 Å². The van der Waals surface area contributed by atoms with E-state index in [4.69, 9.17) is 4.74 Å². The summed E-state index contributed by atoms with van der Waals surface area (Å²) in [5.74, 6) is -0.818. The lowest BCUT2D eigenvalue weighted by molar-refractivity contribution is -0.119. The van der Waals surface area contributed by atoms with Gasteiger partial charge in [-0.3, -0.25) is 9.48 Å². The highest BCUT2D eigenvalue weighted by Crippen LogP contribution is 2.32. The van der Waals surface area contributed by atoms with Crippen molar-refractivity contribution in [3.05, 3.63) is 24.8 Å². The van der Waals surface area contributed by atoms with Gasteiger partial charge >= 0.3 is 0 Å². The molecule has 160 valence electrons. The van der Waals surface area contributed by atoms with Crippen LogP contribution in [0.15, 0.2) is 24.8 Å². The van der Waals surface area contributed by atoms with Crippen LogP contribution in [0.25, 0.3) is 22.3 Å². The first-order chi connectivity index (χ1) is 14.1. The Balaban J connectivity index is 1.75. The predicted molar refractivity (Wildman–Crippen MR) is 106 cm³/mol. The van der Waals surface area contributed by atoms with E-state index in [-0.39, 0.29) is 30.3 Å². The first kappa shape index (κ1) is 20.2. The van der Waals surface area contributed by atoms with Crippen LogP contribution in [-0.4, -0.2) is 49.3 Å². The van der Waals surface area contributed by atoms with Gasteiger partial charge in [-0.05, 0) is 26.8 Å². The van der Waals surface area contributed by atoms with Gasteiger partial charge in [-0.15, -0.1) is 0 Å². The maximum absolute atomic E-state index is 13.8. The van der Waals surface area contributed by atoms with E-state index in [2.05, 4.69) is 20.4 Å². The standard InChI is InChI=1S/C20H24F2N6O2/c1-20(2,3)28-9-12(8-25-28)13-6-14-16(27(4)10-24-14)19(26-13)30-17(18(21)22)11-5-15(29)23-7-11/h6,8-11,17-18H,5,7H2,1-4H3,(H,23,29)/t11-,17?/m1/s1. The van der Waals surface area contributed by atoms with Crippen molar-refractivity contribution in [1.29, 1.82) is 0 Å². The molecule has 2 atom stereocenters. The number of nitrogens with zero attached hydrogens (tertiary/aromatic N) is 5. The average Bonchev–Trinajstić information content (AvgIpc) is 3.39. The van der Waals surface area contributed by atoms with E-state index in [1.807, 2.05) is 31.6 Å². The topological polar surface area (TPSA) is 86.9 Å². The smallest absolute Gasteiger partial charge is 0.275 e. The molecule has 8 nitrogen and oxygen atoms in total. The Morgan fingerprint density at radius 3 is 2.70 bits per heavy atom. The number of imidazole rings is 1. The molecule has 0 saturated carbocycles. The summed E-state index contributed by atoms with van der Waals surface area (Å²) in [6.45, 7) is 6.23. The number of halogens is 2. The molecule has 4 rings (SSSR count). The van der Waals surface area contributed by atoms with Crippen molar-refractivity contribution < 1.29 is 18.3 Å². The molecule has 1 aliphatic heterocycles. The monoisotopic (exact) mass is 418 g/mol. The van der Waals surface area contributed by atoms with Gasteiger partial charge in [0.05, 0.1) is 29.3 Å². The van der Waals surface area contributed by atoms with Crippen molar-refractivity contribution in [1.82, 2.24) is 29.6 Å². The normalized spacial score (nSPS) is 18.2. The Morgan fingerprint density at radius 2 is 2.10 bits per heavy atom. The second-order valence-electron chi connectivity index (χ2n) is 8.57. The number of aromatic nitrogens is 5. The van der Waals surface area contributed by atoms with Gasteiger partial charge < -0.3 is 14.6 Å². The third kappa shape index (κ3) is 3.73. The molecule has 0 bridgehead atoms. The van der Waals surface area contributed by atoms with E-state index in [0.29, 0.717) is 16.7 Å². The third-order valence-electron chi connectivity index (χ3n) is 5.20. The summed E-state index contributed by atoms with van der Waals surface area (Å²) in [6, 6.07) is 1.78. The molecule has 0 aliphatic carbocycles. The van der Waals surface area contributed by atoms with Crippen molar-refractivity contribution in [2.24, 2.45) is 13.0 Å². The third-order valence-corrected chi connectivity index (χ3v) is 5.20. The molecule has 1 fully saturated rings. The predicted octanol–water partition coefficient (Wildman–Crippen LogP) is 2.74. The molecule has 1 N–H and O–H groups in total. The summed E-state index contributed by atoms with van der Waals surface area (Å²) >= 11 is 0. The number of carbonyl (C=O) groups is 1. The van der Waals surface area contributed by atoms with Crippen LogP contribution < -0.4 is 10.1 Å². The number of pyridine rings is 1. The van der Waals surface area contributed by atoms with E-state index in [1.165, 1.54) is 0 Å². The van der Waals surface area contributed by atoms with E-state index < -0.39 is 18.4 Å². The molecule has 30 heavy (non-hydrogen) atoms. The van der Waals surface area contributed by atoms with Gasteiger partial charge in [-0.2, -0.15) is 5.10 Å². The summed E-state index contributed by atoms with van der Waals surface area (Å²) in [4.78, 5) is 20.4. The Morgan fingerprint density at radius 1 is 1.33 bits per heavy atom. The Labute approximate surface area is 172 Å². The highest BCUT2D eigenvalue weighted by molar-refractivity contribution is 5.84. The fraction of sp³-hybridized carbons (Fsp3) is 0.500. The number of amides is 1. The van der Waals surface area contributed by atoms with Crippen molar-refractivity contribution in [3.63, 3.8) is 0 Å². The summed E-state index contributed by atoms with van der Waals surface area (Å²) in [5.41, 5.74) is 2.14. The SMILES string of the molecule is Cn1cnc2cc(-c3cnn(C(C)(C)C)c3)nc(OC(C(F)F)[C@H]3CNC(=O)C3)c21. The maximum Gasteiger partial charge on any atom is 0.275 e. The molecule has 0 spiro atoms. The van der Waals surface area contributed by atoms with Crippen LogP contribution in [0.1, 0.15) is 27.2 Å². The number of ether oxygens (including phenoxy) is 1. The Hall–Kier alpha value is -3.04. The van der Waals surface area contributed by atoms with Crippen LogP contribution in [-0.2, 0) is 17.4 Å². The van der Waals surface area contributed by atoms with Gasteiger partial charge in [0.25, 0.3) is 6.43 Å². The Bertz CT molecular complexity index is 1080. The number of rotatable bonds is 5. The first-order valence-corrected chi connectivity index (χ1v) is 9.72. The molecule has 10 heteroatoms. The van der Waals surface area contributed by atoms with Gasteiger partial charge in [0.15, 0.2) is 6.10 Å². The van der Waals surface area contributed by atoms with Crippen molar-refractivity contribution in [2.45, 2.75) is 45.3 Å². The zero-order valence-electron chi connectivity index (χ0n) is 17.3. The maximum atomic E-state index is 13.8. The minimum absolute atomic E-state index is 0.00157. The van der Waals surface area contributed by atoms with E-state index in [9.17, 15) is 13.6 Å². The summed E-state index contributed by atoms with van der Waals surface area (Å²) in [5, 5.41) is 6.97. The molecule has 1 saturated heterocycles. The second-order valence-corrected chi connectivity index (χ2v) is 8.57. The highest BCUT2D eigenvalue weighted by atomic mass is 19.3. The summed E-state index contributed by atoms with van der Waals surface area (Å²) in [6.07, 6.45) is 0.893. The van der Waals surface area contributed by atoms with Crippen molar-refractivity contribution in [2.75, 3.05) is 6.54 Å². The molecular formula is C20H24F2N6O2. The largest absolute Gasteiger partial charge is 0.466 e. The molecular weight excluding hydrogens is 394 g/mol. The minimum Gasteiger partial charge on any atom is -0.466 e. The van der Waals surface area contributed by atoms with Gasteiger partial charge in [-0.1, -0.05) is 0 Å². The molecule has 0 radical (unpaired) electrons. The van der Waals surface area contributed by atoms with Crippen molar-refractivity contribution >= 4 is 16.9 Å². The Kier molecular flexibility index (Phi) is 4.95. The zero-order chi connectivity index (χ0) is 21.6. The quantitative estimate of drug-likeness (QED) is 0.689. The number of aryl methyl sites for hydroxylation is 1. The van der Waals surface area contributed by atoms with Crippen LogP contribution in [0.2, 0.25) is 0 Å². The molecule has 3 aromatic heterocycles. The average molecular weight is 418 g/mol. The van der Waals surface area contributed by atoms with E-state index in [1.54, 1.807) is 30.2 Å². The molecule has 1 unspecified atom stereocenters. The molecule has 3 aromatic rings. The number of fused-ring (bicyclic) bond motifs is 1. The van der Waals surface area contributed by atoms with E-state index in [0.717, 1.165) is 5.56 Å². The molecule has 1 aliphatic rings. The van der Waals surface area contributed by atoms with Crippen molar-refractivity contribution in [3.8, 4) is 17.1 Å². The molecule has 4 heterocycles. The van der Waals surface area contributed by atoms with Crippen LogP contribution in [0, 0.1) is 5.92 Å². The fourth-order valence-corrected chi connectivity index (χ4v) is 3.53. The second kappa shape index (κ2) is 7.33. The van der Waals surface area contributed by atoms with Crippen LogP contribution in [0.4, 0.5) is 8.78 Å². The van der Waals surface area contributed by atoms with Gasteiger partial charge in [0.1, 0.15) is 5.52 Å². The minimum atomic E-state index is -2.76. The van der Waals surface area contributed by atoms with Crippen LogP contribution in [0.3, 0.4) is 0 Å². The molecule has 0 aromatic carbocycles. The van der Waals surface area contributed by atoms with Gasteiger partial charge in [-0.25, -0.2) is 18.7 Å². The summed E-state index contributed by atoms with van der Waals surface area (Å²) < 4.78 is 36.9. The lowest BCUT2D eigenvalue weighted by Gasteiger charge is -2.23. The number of carbonyl (C=O) groups excluding carboxylic acids is 1. The lowest BCUT2D eigenvalue weighted by Crippen LogP contribution is -2.35. The van der Waals surface area contributed by atoms with Crippen LogP contribution in [0.5, 0.6) is 5.88 Å². The number of nitrogens with one attached hydrogen (secondary N) is 1. The lowest BCUT2D eigenvalue weighted by atomic mass is 10.0. The summed E-state index contributed by atoms with van der Waals surface area (Å²) in [7, 11) is 1.75. The van der Waals surface area contributed by atoms with Crippen LogP contribution >= 0.6 is 0 Å². The highest BCUT2D eigenvalue weighted by Gasteiger charge is 2.38. The molecule has 1 amide bonds. The number of hydrogen-bond acceptors (Lipinski definition) is 5. The first-order valence-electron chi connectivity index (χ1n) is 9.72. The number of alkyl halides is 2. The zero-order valence-corrected chi connectivity index (χ0v) is 17.3. The van der Waals surface area contributed by atoms with E-state index >= 15 is 0 Å².